The fourth-order valence-corrected chi connectivity index (χ4v) is 2.79. The van der Waals surface area contributed by atoms with E-state index in [9.17, 15) is 9.59 Å². The summed E-state index contributed by atoms with van der Waals surface area (Å²) in [4.78, 5) is 25.6. The average Bonchev–Trinajstić information content (AvgIpc) is 2.62. The first kappa shape index (κ1) is 17.4. The van der Waals surface area contributed by atoms with Crippen molar-refractivity contribution in [2.24, 2.45) is 0 Å². The second kappa shape index (κ2) is 7.67. The smallest absolute Gasteiger partial charge is 0.305 e. The van der Waals surface area contributed by atoms with E-state index in [1.807, 2.05) is 4.90 Å². The fourth-order valence-electron chi connectivity index (χ4n) is 2.66. The standard InChI is InChI=1S/C17H18ClN3O4/c18-13-3-1-12(2-4-13)14-11-15(20-7-9-25-10-8-20)19-21(17(14)24)6-5-16(22)23/h1-4,11H,5-10H2,(H,22,23). The highest BCUT2D eigenvalue weighted by Gasteiger charge is 2.17. The number of carboxylic acids is 1. The Kier molecular flexibility index (Phi) is 5.35. The molecule has 0 saturated carbocycles. The van der Waals surface area contributed by atoms with E-state index in [0.717, 1.165) is 5.56 Å². The van der Waals surface area contributed by atoms with Gasteiger partial charge in [-0.15, -0.1) is 0 Å². The minimum Gasteiger partial charge on any atom is -0.481 e. The van der Waals surface area contributed by atoms with Crippen LogP contribution in [0.3, 0.4) is 0 Å². The van der Waals surface area contributed by atoms with Gasteiger partial charge in [0.2, 0.25) is 0 Å². The maximum Gasteiger partial charge on any atom is 0.305 e. The molecule has 0 atom stereocenters. The number of aryl methyl sites for hydroxylation is 1. The number of benzene rings is 1. The lowest BCUT2D eigenvalue weighted by molar-refractivity contribution is -0.137. The number of anilines is 1. The van der Waals surface area contributed by atoms with Crippen molar-refractivity contribution in [3.05, 3.63) is 45.7 Å². The van der Waals surface area contributed by atoms with Crippen LogP contribution in [0.25, 0.3) is 11.1 Å². The normalized spacial score (nSPS) is 14.5. The van der Waals surface area contributed by atoms with Gasteiger partial charge in [-0.25, -0.2) is 4.68 Å². The minimum atomic E-state index is -0.974. The third kappa shape index (κ3) is 4.18. The molecule has 1 aliphatic heterocycles. The number of hydrogen-bond acceptors (Lipinski definition) is 5. The summed E-state index contributed by atoms with van der Waals surface area (Å²) in [5, 5.41) is 13.9. The minimum absolute atomic E-state index is 0.0208. The van der Waals surface area contributed by atoms with E-state index in [-0.39, 0.29) is 18.5 Å². The first-order valence-electron chi connectivity index (χ1n) is 7.97. The molecule has 0 bridgehead atoms. The molecule has 0 aliphatic carbocycles. The van der Waals surface area contributed by atoms with Crippen LogP contribution < -0.4 is 10.5 Å². The van der Waals surface area contributed by atoms with Crippen molar-refractivity contribution < 1.29 is 14.6 Å². The monoisotopic (exact) mass is 363 g/mol. The van der Waals surface area contributed by atoms with Gasteiger partial charge in [-0.1, -0.05) is 23.7 Å². The molecule has 0 radical (unpaired) electrons. The summed E-state index contributed by atoms with van der Waals surface area (Å²) < 4.78 is 6.58. The third-order valence-electron chi connectivity index (χ3n) is 3.99. The Morgan fingerprint density at radius 2 is 1.92 bits per heavy atom. The Labute approximate surface area is 149 Å². The van der Waals surface area contributed by atoms with E-state index in [1.165, 1.54) is 4.68 Å². The molecule has 7 nitrogen and oxygen atoms in total. The molecule has 0 unspecified atom stereocenters. The van der Waals surface area contributed by atoms with Crippen molar-refractivity contribution in [3.8, 4) is 11.1 Å². The van der Waals surface area contributed by atoms with Crippen LogP contribution in [0.2, 0.25) is 5.02 Å². The first-order valence-corrected chi connectivity index (χ1v) is 8.35. The second-order valence-corrected chi connectivity index (χ2v) is 6.13. The van der Waals surface area contributed by atoms with Crippen molar-refractivity contribution in [3.63, 3.8) is 0 Å². The SMILES string of the molecule is O=C(O)CCn1nc(N2CCOCC2)cc(-c2ccc(Cl)cc2)c1=O. The van der Waals surface area contributed by atoms with E-state index in [1.54, 1.807) is 30.3 Å². The van der Waals surface area contributed by atoms with Gasteiger partial charge < -0.3 is 14.7 Å². The third-order valence-corrected chi connectivity index (χ3v) is 4.24. The van der Waals surface area contributed by atoms with Gasteiger partial charge in [0.05, 0.1) is 31.7 Å². The Morgan fingerprint density at radius 3 is 2.56 bits per heavy atom. The molecule has 1 aromatic heterocycles. The molecule has 0 spiro atoms. The summed E-state index contributed by atoms with van der Waals surface area (Å²) in [6.07, 6.45) is -0.167. The number of hydrogen-bond donors (Lipinski definition) is 1. The lowest BCUT2D eigenvalue weighted by atomic mass is 10.1. The zero-order chi connectivity index (χ0) is 17.8. The van der Waals surface area contributed by atoms with Crippen LogP contribution >= 0.6 is 11.6 Å². The van der Waals surface area contributed by atoms with E-state index in [0.29, 0.717) is 42.7 Å². The molecule has 1 aliphatic rings. The second-order valence-electron chi connectivity index (χ2n) is 5.69. The Hall–Kier alpha value is -2.38. The number of aromatic nitrogens is 2. The van der Waals surface area contributed by atoms with Gasteiger partial charge in [-0.2, -0.15) is 5.10 Å². The van der Waals surface area contributed by atoms with Gasteiger partial charge in [-0.3, -0.25) is 9.59 Å². The van der Waals surface area contributed by atoms with Gasteiger partial charge in [-0.05, 0) is 23.8 Å². The number of nitrogens with zero attached hydrogens (tertiary/aromatic N) is 3. The highest BCUT2D eigenvalue weighted by Crippen LogP contribution is 2.22. The number of carboxylic acid groups (broad SMARTS) is 1. The predicted molar refractivity (Wildman–Crippen MR) is 94.2 cm³/mol. The van der Waals surface area contributed by atoms with Crippen LogP contribution in [0, 0.1) is 0 Å². The van der Waals surface area contributed by atoms with Crippen LogP contribution in [-0.2, 0) is 16.1 Å². The van der Waals surface area contributed by atoms with Gasteiger partial charge in [0.15, 0.2) is 0 Å². The zero-order valence-electron chi connectivity index (χ0n) is 13.5. The van der Waals surface area contributed by atoms with Crippen molar-refractivity contribution >= 4 is 23.4 Å². The molecule has 1 fully saturated rings. The summed E-state index contributed by atoms with van der Waals surface area (Å²) in [6.45, 7) is 2.54. The number of aliphatic carboxylic acids is 1. The molecule has 25 heavy (non-hydrogen) atoms. The summed E-state index contributed by atoms with van der Waals surface area (Å²) >= 11 is 5.92. The van der Waals surface area contributed by atoms with Crippen molar-refractivity contribution in [1.82, 2.24) is 9.78 Å². The van der Waals surface area contributed by atoms with Crippen molar-refractivity contribution in [2.75, 3.05) is 31.2 Å². The fraction of sp³-hybridized carbons (Fsp3) is 0.353. The molecule has 2 aromatic rings. The molecular formula is C17H18ClN3O4. The summed E-state index contributed by atoms with van der Waals surface area (Å²) in [5.74, 6) is -0.336. The highest BCUT2D eigenvalue weighted by atomic mass is 35.5. The van der Waals surface area contributed by atoms with Gasteiger partial charge in [0.25, 0.3) is 5.56 Å². The molecule has 2 heterocycles. The Morgan fingerprint density at radius 1 is 1.24 bits per heavy atom. The lowest BCUT2D eigenvalue weighted by Gasteiger charge is -2.28. The molecule has 1 N–H and O–H groups in total. The lowest BCUT2D eigenvalue weighted by Crippen LogP contribution is -2.38. The number of morpholine rings is 1. The summed E-state index contributed by atoms with van der Waals surface area (Å²) in [6, 6.07) is 8.71. The largest absolute Gasteiger partial charge is 0.481 e. The number of rotatable bonds is 5. The maximum atomic E-state index is 12.7. The van der Waals surface area contributed by atoms with E-state index < -0.39 is 5.97 Å². The van der Waals surface area contributed by atoms with E-state index >= 15 is 0 Å². The quantitative estimate of drug-likeness (QED) is 0.873. The maximum absolute atomic E-state index is 12.7. The van der Waals surface area contributed by atoms with Crippen molar-refractivity contribution in [2.45, 2.75) is 13.0 Å². The molecule has 132 valence electrons. The van der Waals surface area contributed by atoms with Crippen LogP contribution in [0.4, 0.5) is 5.82 Å². The van der Waals surface area contributed by atoms with E-state index in [2.05, 4.69) is 5.10 Å². The van der Waals surface area contributed by atoms with Crippen LogP contribution in [0.5, 0.6) is 0 Å². The van der Waals surface area contributed by atoms with Gasteiger partial charge in [0.1, 0.15) is 5.82 Å². The molecular weight excluding hydrogens is 346 g/mol. The van der Waals surface area contributed by atoms with Crippen LogP contribution in [0.1, 0.15) is 6.42 Å². The molecule has 3 rings (SSSR count). The predicted octanol–water partition coefficient (Wildman–Crippen LogP) is 1.87. The Balaban J connectivity index is 2.04. The van der Waals surface area contributed by atoms with Gasteiger partial charge >= 0.3 is 5.97 Å². The molecule has 1 aromatic carbocycles. The van der Waals surface area contributed by atoms with Crippen LogP contribution in [-0.4, -0.2) is 47.2 Å². The van der Waals surface area contributed by atoms with E-state index in [4.69, 9.17) is 21.4 Å². The van der Waals surface area contributed by atoms with Gasteiger partial charge in [0, 0.05) is 18.1 Å². The number of carbonyl (C=O) groups is 1. The zero-order valence-corrected chi connectivity index (χ0v) is 14.3. The summed E-state index contributed by atoms with van der Waals surface area (Å²) in [7, 11) is 0. The summed E-state index contributed by atoms with van der Waals surface area (Å²) in [5.41, 5.74) is 0.870. The van der Waals surface area contributed by atoms with Crippen LogP contribution in [0.15, 0.2) is 35.1 Å². The Bertz CT molecular complexity index is 814. The topological polar surface area (TPSA) is 84.7 Å². The first-order chi connectivity index (χ1) is 12.0. The highest BCUT2D eigenvalue weighted by molar-refractivity contribution is 6.30. The van der Waals surface area contributed by atoms with Crippen molar-refractivity contribution in [1.29, 1.82) is 0 Å². The number of halogens is 1. The molecule has 1 saturated heterocycles. The average molecular weight is 364 g/mol. The number of ether oxygens (including phenoxy) is 1. The molecule has 0 amide bonds. The molecule has 8 heteroatoms.